The first-order valence-electron chi connectivity index (χ1n) is 4.47. The predicted molar refractivity (Wildman–Crippen MR) is 48.7 cm³/mol. The van der Waals surface area contributed by atoms with Gasteiger partial charge in [0.05, 0.1) is 6.42 Å². The van der Waals surface area contributed by atoms with Crippen LogP contribution in [0.2, 0.25) is 0 Å². The Morgan fingerprint density at radius 2 is 2.17 bits per heavy atom. The first-order valence-corrected chi connectivity index (χ1v) is 4.47. The van der Waals surface area contributed by atoms with Crippen LogP contribution < -0.4 is 5.32 Å². The predicted octanol–water partition coefficient (Wildman–Crippen LogP) is 0.969. The lowest BCUT2D eigenvalue weighted by atomic mass is 9.92. The van der Waals surface area contributed by atoms with Gasteiger partial charge in [0.1, 0.15) is 5.78 Å². The molecular weight excluding hydrogens is 150 g/mol. The number of hydrogen-bond acceptors (Lipinski definition) is 2. The van der Waals surface area contributed by atoms with Crippen molar-refractivity contribution < 1.29 is 4.79 Å². The Hall–Kier alpha value is -0.810. The molecule has 1 rings (SSSR count). The highest BCUT2D eigenvalue weighted by Crippen LogP contribution is 2.13. The molecule has 1 aliphatic heterocycles. The number of carbonyl (C=O) groups excluding carboxylic acids is 1. The molecule has 0 aromatic rings. The molecule has 1 fully saturated rings. The summed E-state index contributed by atoms with van der Waals surface area (Å²) in [6.07, 6.45) is 2.43. The fraction of sp³-hybridized carbons (Fsp3) is 0.700. The highest BCUT2D eigenvalue weighted by molar-refractivity contribution is 5.83. The van der Waals surface area contributed by atoms with Crippen LogP contribution in [0.3, 0.4) is 0 Å². The second kappa shape index (κ2) is 4.95. The summed E-state index contributed by atoms with van der Waals surface area (Å²) in [5.41, 5.74) is 0. The van der Waals surface area contributed by atoms with E-state index in [0.29, 0.717) is 12.2 Å². The molecule has 0 aliphatic carbocycles. The van der Waals surface area contributed by atoms with E-state index >= 15 is 0 Å². The molecule has 0 unspecified atom stereocenters. The lowest BCUT2D eigenvalue weighted by molar-refractivity contribution is -0.122. The zero-order valence-electron chi connectivity index (χ0n) is 7.52. The summed E-state index contributed by atoms with van der Waals surface area (Å²) in [5.74, 6) is 6.17. The minimum absolute atomic E-state index is 0.270. The smallest absolute Gasteiger partial charge is 0.147 e. The van der Waals surface area contributed by atoms with Crippen LogP contribution in [0.1, 0.15) is 26.2 Å². The molecule has 0 spiro atoms. The molecule has 0 atom stereocenters. The number of rotatable bonds is 2. The molecule has 0 aromatic heterocycles. The van der Waals surface area contributed by atoms with Crippen LogP contribution in [0.15, 0.2) is 0 Å². The molecule has 12 heavy (non-hydrogen) atoms. The van der Waals surface area contributed by atoms with Gasteiger partial charge in [0.2, 0.25) is 0 Å². The van der Waals surface area contributed by atoms with E-state index in [0.717, 1.165) is 25.9 Å². The van der Waals surface area contributed by atoms with Crippen molar-refractivity contribution in [2.24, 2.45) is 5.92 Å². The number of hydrogen-bond donors (Lipinski definition) is 1. The zero-order valence-corrected chi connectivity index (χ0v) is 7.52. The third-order valence-corrected chi connectivity index (χ3v) is 2.23. The van der Waals surface area contributed by atoms with Crippen LogP contribution in [0.5, 0.6) is 0 Å². The van der Waals surface area contributed by atoms with E-state index in [1.165, 1.54) is 0 Å². The summed E-state index contributed by atoms with van der Waals surface area (Å²) in [6.45, 7) is 3.74. The largest absolute Gasteiger partial charge is 0.317 e. The van der Waals surface area contributed by atoms with E-state index in [1.807, 2.05) is 0 Å². The highest BCUT2D eigenvalue weighted by Gasteiger charge is 2.19. The van der Waals surface area contributed by atoms with E-state index in [9.17, 15) is 4.79 Å². The molecule has 0 radical (unpaired) electrons. The molecule has 0 saturated carbocycles. The van der Waals surface area contributed by atoms with Gasteiger partial charge in [-0.1, -0.05) is 5.92 Å². The Balaban J connectivity index is 2.33. The van der Waals surface area contributed by atoms with Crippen molar-refractivity contribution >= 4 is 5.78 Å². The average Bonchev–Trinajstić information content (AvgIpc) is 2.15. The fourth-order valence-corrected chi connectivity index (χ4v) is 1.46. The van der Waals surface area contributed by atoms with Crippen molar-refractivity contribution in [3.63, 3.8) is 0 Å². The average molecular weight is 165 g/mol. The second-order valence-electron chi connectivity index (χ2n) is 3.09. The third kappa shape index (κ3) is 2.67. The number of ketones is 1. The van der Waals surface area contributed by atoms with Crippen LogP contribution >= 0.6 is 0 Å². The first-order chi connectivity index (χ1) is 5.84. The van der Waals surface area contributed by atoms with Gasteiger partial charge in [0, 0.05) is 5.92 Å². The Bertz CT molecular complexity index is 206. The van der Waals surface area contributed by atoms with Crippen molar-refractivity contribution in [3.05, 3.63) is 0 Å². The van der Waals surface area contributed by atoms with Gasteiger partial charge in [-0.3, -0.25) is 4.79 Å². The monoisotopic (exact) mass is 165 g/mol. The van der Waals surface area contributed by atoms with E-state index in [-0.39, 0.29) is 5.92 Å². The lowest BCUT2D eigenvalue weighted by Gasteiger charge is -2.20. The Morgan fingerprint density at radius 3 is 2.75 bits per heavy atom. The van der Waals surface area contributed by atoms with Gasteiger partial charge in [0.15, 0.2) is 0 Å². The first kappa shape index (κ1) is 9.28. The van der Waals surface area contributed by atoms with Gasteiger partial charge in [-0.05, 0) is 32.9 Å². The standard InChI is InChI=1S/C10H15NO/c1-2-3-4-10(12)9-5-7-11-8-6-9/h9,11H,4-8H2,1H3. The maximum atomic E-state index is 11.4. The summed E-state index contributed by atoms with van der Waals surface area (Å²) in [7, 11) is 0. The van der Waals surface area contributed by atoms with E-state index in [4.69, 9.17) is 0 Å². The summed E-state index contributed by atoms with van der Waals surface area (Å²) in [5, 5.41) is 3.24. The van der Waals surface area contributed by atoms with Gasteiger partial charge in [0.25, 0.3) is 0 Å². The van der Waals surface area contributed by atoms with Gasteiger partial charge >= 0.3 is 0 Å². The van der Waals surface area contributed by atoms with Gasteiger partial charge in [-0.2, -0.15) is 0 Å². The van der Waals surface area contributed by atoms with E-state index in [1.54, 1.807) is 6.92 Å². The van der Waals surface area contributed by atoms with Crippen molar-refractivity contribution in [1.29, 1.82) is 0 Å². The van der Waals surface area contributed by atoms with Crippen LogP contribution in [-0.4, -0.2) is 18.9 Å². The maximum Gasteiger partial charge on any atom is 0.147 e. The van der Waals surface area contributed by atoms with Crippen molar-refractivity contribution in [1.82, 2.24) is 5.32 Å². The second-order valence-corrected chi connectivity index (χ2v) is 3.09. The topological polar surface area (TPSA) is 29.1 Å². The zero-order chi connectivity index (χ0) is 8.81. The molecule has 1 aliphatic rings. The number of Topliss-reactive ketones (excluding diaryl/α,β-unsaturated/α-hetero) is 1. The molecule has 0 aromatic carbocycles. The van der Waals surface area contributed by atoms with Crippen molar-refractivity contribution in [2.45, 2.75) is 26.2 Å². The SMILES string of the molecule is CC#CCC(=O)C1CCNCC1. The quantitative estimate of drug-likeness (QED) is 0.618. The van der Waals surface area contributed by atoms with Crippen LogP contribution in [0.25, 0.3) is 0 Å². The summed E-state index contributed by atoms with van der Waals surface area (Å²) < 4.78 is 0. The minimum Gasteiger partial charge on any atom is -0.317 e. The summed E-state index contributed by atoms with van der Waals surface area (Å²) >= 11 is 0. The molecule has 66 valence electrons. The van der Waals surface area contributed by atoms with E-state index in [2.05, 4.69) is 17.2 Å². The number of piperidine rings is 1. The van der Waals surface area contributed by atoms with Gasteiger partial charge in [-0.15, -0.1) is 5.92 Å². The highest BCUT2D eigenvalue weighted by atomic mass is 16.1. The minimum atomic E-state index is 0.270. The Kier molecular flexibility index (Phi) is 3.83. The fourth-order valence-electron chi connectivity index (χ4n) is 1.46. The van der Waals surface area contributed by atoms with E-state index < -0.39 is 0 Å². The van der Waals surface area contributed by atoms with Crippen LogP contribution in [0.4, 0.5) is 0 Å². The maximum absolute atomic E-state index is 11.4. The molecule has 1 N–H and O–H groups in total. The Labute approximate surface area is 73.7 Å². The van der Waals surface area contributed by atoms with Crippen LogP contribution in [-0.2, 0) is 4.79 Å². The van der Waals surface area contributed by atoms with Crippen molar-refractivity contribution in [2.75, 3.05) is 13.1 Å². The summed E-state index contributed by atoms with van der Waals surface area (Å²) in [6, 6.07) is 0. The molecule has 1 saturated heterocycles. The molecule has 0 amide bonds. The number of carbonyl (C=O) groups is 1. The molecule has 2 nitrogen and oxygen atoms in total. The van der Waals surface area contributed by atoms with Crippen LogP contribution in [0, 0.1) is 17.8 Å². The van der Waals surface area contributed by atoms with Crippen molar-refractivity contribution in [3.8, 4) is 11.8 Å². The molecule has 0 bridgehead atoms. The lowest BCUT2D eigenvalue weighted by Crippen LogP contribution is -2.31. The molecular formula is C10H15NO. The van der Waals surface area contributed by atoms with Gasteiger partial charge < -0.3 is 5.32 Å². The normalized spacial score (nSPS) is 18.1. The number of nitrogens with one attached hydrogen (secondary N) is 1. The molecule has 2 heteroatoms. The Morgan fingerprint density at radius 1 is 1.50 bits per heavy atom. The summed E-state index contributed by atoms with van der Waals surface area (Å²) in [4.78, 5) is 11.4. The third-order valence-electron chi connectivity index (χ3n) is 2.23. The molecule has 1 heterocycles. The van der Waals surface area contributed by atoms with Gasteiger partial charge in [-0.25, -0.2) is 0 Å².